The molecule has 0 aliphatic carbocycles. The van der Waals surface area contributed by atoms with Crippen LogP contribution < -0.4 is 5.32 Å². The van der Waals surface area contributed by atoms with Crippen LogP contribution in [0.1, 0.15) is 28.8 Å². The molecule has 0 aromatic heterocycles. The molecule has 2 N–H and O–H groups in total. The Morgan fingerprint density at radius 2 is 1.96 bits per heavy atom. The van der Waals surface area contributed by atoms with Gasteiger partial charge in [0.25, 0.3) is 5.91 Å². The Hall–Kier alpha value is -2.37. The fourth-order valence-corrected chi connectivity index (χ4v) is 3.21. The Kier molecular flexibility index (Phi) is 5.36. The molecule has 1 atom stereocenters. The average molecular weight is 359 g/mol. The molecular formula is C19H19ClN2O3. The molecule has 1 saturated heterocycles. The number of benzene rings is 2. The van der Waals surface area contributed by atoms with Gasteiger partial charge in [-0.15, -0.1) is 0 Å². The van der Waals surface area contributed by atoms with Gasteiger partial charge in [0, 0.05) is 22.8 Å². The maximum Gasteiger partial charge on any atom is 0.320 e. The number of carboxylic acid groups (broad SMARTS) is 1. The van der Waals surface area contributed by atoms with E-state index in [-0.39, 0.29) is 5.91 Å². The van der Waals surface area contributed by atoms with Crippen molar-refractivity contribution >= 4 is 29.2 Å². The zero-order valence-corrected chi connectivity index (χ0v) is 14.4. The van der Waals surface area contributed by atoms with Crippen molar-refractivity contribution in [1.29, 1.82) is 0 Å². The fourth-order valence-electron chi connectivity index (χ4n) is 3.08. The van der Waals surface area contributed by atoms with E-state index in [2.05, 4.69) is 5.32 Å². The highest BCUT2D eigenvalue weighted by Crippen LogP contribution is 2.22. The van der Waals surface area contributed by atoms with E-state index in [1.54, 1.807) is 24.3 Å². The average Bonchev–Trinajstić information content (AvgIpc) is 3.04. The molecule has 1 aliphatic heterocycles. The van der Waals surface area contributed by atoms with E-state index in [0.29, 0.717) is 29.2 Å². The van der Waals surface area contributed by atoms with Gasteiger partial charge in [0.1, 0.15) is 6.04 Å². The maximum atomic E-state index is 12.3. The van der Waals surface area contributed by atoms with Crippen molar-refractivity contribution in [3.8, 4) is 0 Å². The molecule has 1 fully saturated rings. The quantitative estimate of drug-likeness (QED) is 0.856. The van der Waals surface area contributed by atoms with Gasteiger partial charge in [-0.2, -0.15) is 0 Å². The minimum Gasteiger partial charge on any atom is -0.480 e. The van der Waals surface area contributed by atoms with Gasteiger partial charge in [-0.05, 0) is 61.3 Å². The lowest BCUT2D eigenvalue weighted by molar-refractivity contribution is -0.142. The summed E-state index contributed by atoms with van der Waals surface area (Å²) in [6.07, 6.45) is 1.58. The van der Waals surface area contributed by atoms with Gasteiger partial charge in [-0.1, -0.05) is 23.7 Å². The Morgan fingerprint density at radius 1 is 1.20 bits per heavy atom. The number of carboxylic acids is 1. The normalized spacial score (nSPS) is 17.4. The molecule has 0 saturated carbocycles. The third-order valence-corrected chi connectivity index (χ3v) is 4.58. The summed E-state index contributed by atoms with van der Waals surface area (Å²) in [6, 6.07) is 13.8. The van der Waals surface area contributed by atoms with Crippen LogP contribution in [0.4, 0.5) is 5.69 Å². The largest absolute Gasteiger partial charge is 0.480 e. The highest BCUT2D eigenvalue weighted by Gasteiger charge is 2.30. The van der Waals surface area contributed by atoms with E-state index in [1.807, 2.05) is 29.2 Å². The summed E-state index contributed by atoms with van der Waals surface area (Å²) in [5.74, 6) is -0.983. The lowest BCUT2D eigenvalue weighted by atomic mass is 10.1. The number of hydrogen-bond donors (Lipinski definition) is 2. The van der Waals surface area contributed by atoms with Crippen molar-refractivity contribution in [2.45, 2.75) is 25.4 Å². The van der Waals surface area contributed by atoms with Crippen LogP contribution in [0.2, 0.25) is 5.02 Å². The number of nitrogens with zero attached hydrogens (tertiary/aromatic N) is 1. The number of amides is 1. The van der Waals surface area contributed by atoms with Crippen molar-refractivity contribution in [1.82, 2.24) is 4.90 Å². The van der Waals surface area contributed by atoms with Crippen molar-refractivity contribution in [2.75, 3.05) is 11.9 Å². The fraction of sp³-hybridized carbons (Fsp3) is 0.263. The number of aliphatic carboxylic acids is 1. The molecule has 0 bridgehead atoms. The minimum absolute atomic E-state index is 0.210. The van der Waals surface area contributed by atoms with Crippen LogP contribution in [0.5, 0.6) is 0 Å². The summed E-state index contributed by atoms with van der Waals surface area (Å²) in [4.78, 5) is 25.5. The third kappa shape index (κ3) is 4.38. The van der Waals surface area contributed by atoms with E-state index in [9.17, 15) is 14.7 Å². The lowest BCUT2D eigenvalue weighted by Gasteiger charge is -2.21. The van der Waals surface area contributed by atoms with Crippen LogP contribution in [0, 0.1) is 0 Å². The SMILES string of the molecule is O=C(Nc1cccc(CN2CCC[C@H]2C(=O)O)c1)c1ccc(Cl)cc1. The number of carbonyl (C=O) groups excluding carboxylic acids is 1. The topological polar surface area (TPSA) is 69.6 Å². The van der Waals surface area contributed by atoms with E-state index >= 15 is 0 Å². The van der Waals surface area contributed by atoms with Crippen LogP contribution in [0.15, 0.2) is 48.5 Å². The molecule has 2 aromatic carbocycles. The zero-order valence-electron chi connectivity index (χ0n) is 13.6. The first-order valence-electron chi connectivity index (χ1n) is 8.15. The second-order valence-corrected chi connectivity index (χ2v) is 6.56. The highest BCUT2D eigenvalue weighted by molar-refractivity contribution is 6.30. The first-order chi connectivity index (χ1) is 12.0. The van der Waals surface area contributed by atoms with Crippen molar-refractivity contribution in [2.24, 2.45) is 0 Å². The third-order valence-electron chi connectivity index (χ3n) is 4.33. The molecule has 0 radical (unpaired) electrons. The van der Waals surface area contributed by atoms with Crippen LogP contribution in [0.3, 0.4) is 0 Å². The van der Waals surface area contributed by atoms with E-state index in [0.717, 1.165) is 18.5 Å². The smallest absolute Gasteiger partial charge is 0.320 e. The van der Waals surface area contributed by atoms with Crippen LogP contribution >= 0.6 is 11.6 Å². The minimum atomic E-state index is -0.773. The van der Waals surface area contributed by atoms with Gasteiger partial charge < -0.3 is 10.4 Å². The Morgan fingerprint density at radius 3 is 2.68 bits per heavy atom. The molecule has 0 unspecified atom stereocenters. The summed E-state index contributed by atoms with van der Waals surface area (Å²) in [6.45, 7) is 1.33. The molecule has 1 heterocycles. The first kappa shape index (κ1) is 17.5. The first-order valence-corrected chi connectivity index (χ1v) is 8.53. The number of carbonyl (C=O) groups is 2. The standard InChI is InChI=1S/C19H19ClN2O3/c20-15-8-6-14(7-9-15)18(23)21-16-4-1-3-13(11-16)12-22-10-2-5-17(22)19(24)25/h1,3-4,6-9,11,17H,2,5,10,12H2,(H,21,23)(H,24,25)/t17-/m0/s1. The predicted molar refractivity (Wildman–Crippen MR) is 96.9 cm³/mol. The summed E-state index contributed by atoms with van der Waals surface area (Å²) in [5, 5.41) is 12.7. The number of anilines is 1. The van der Waals surface area contributed by atoms with Crippen LogP contribution in [-0.2, 0) is 11.3 Å². The Bertz CT molecular complexity index is 776. The molecule has 130 valence electrons. The molecule has 2 aromatic rings. The highest BCUT2D eigenvalue weighted by atomic mass is 35.5. The summed E-state index contributed by atoms with van der Waals surface area (Å²) in [5.41, 5.74) is 2.19. The van der Waals surface area contributed by atoms with E-state index in [4.69, 9.17) is 11.6 Å². The van der Waals surface area contributed by atoms with Crippen LogP contribution in [-0.4, -0.2) is 34.5 Å². The van der Waals surface area contributed by atoms with Crippen molar-refractivity contribution in [3.63, 3.8) is 0 Å². The Labute approximate surface area is 151 Å². The van der Waals surface area contributed by atoms with Gasteiger partial charge in [0.05, 0.1) is 0 Å². The van der Waals surface area contributed by atoms with Crippen molar-refractivity contribution in [3.05, 3.63) is 64.7 Å². The molecule has 5 nitrogen and oxygen atoms in total. The van der Waals surface area contributed by atoms with Gasteiger partial charge in [-0.25, -0.2) is 0 Å². The molecule has 3 rings (SSSR count). The second-order valence-electron chi connectivity index (χ2n) is 6.13. The second kappa shape index (κ2) is 7.68. The summed E-state index contributed by atoms with van der Waals surface area (Å²) < 4.78 is 0. The van der Waals surface area contributed by atoms with E-state index in [1.165, 1.54) is 0 Å². The number of hydrogen-bond acceptors (Lipinski definition) is 3. The van der Waals surface area contributed by atoms with Crippen LogP contribution in [0.25, 0.3) is 0 Å². The van der Waals surface area contributed by atoms with E-state index < -0.39 is 12.0 Å². The number of halogens is 1. The lowest BCUT2D eigenvalue weighted by Crippen LogP contribution is -2.35. The molecule has 1 aliphatic rings. The number of nitrogens with one attached hydrogen (secondary N) is 1. The molecular weight excluding hydrogens is 340 g/mol. The molecule has 25 heavy (non-hydrogen) atoms. The molecule has 6 heteroatoms. The predicted octanol–water partition coefficient (Wildman–Crippen LogP) is 3.64. The maximum absolute atomic E-state index is 12.3. The summed E-state index contributed by atoms with van der Waals surface area (Å²) >= 11 is 5.83. The van der Waals surface area contributed by atoms with Gasteiger partial charge in [-0.3, -0.25) is 14.5 Å². The van der Waals surface area contributed by atoms with Crippen molar-refractivity contribution < 1.29 is 14.7 Å². The molecule has 0 spiro atoms. The van der Waals surface area contributed by atoms with Gasteiger partial charge in [0.15, 0.2) is 0 Å². The van der Waals surface area contributed by atoms with Gasteiger partial charge >= 0.3 is 5.97 Å². The van der Waals surface area contributed by atoms with Gasteiger partial charge in [0.2, 0.25) is 0 Å². The number of likely N-dealkylation sites (tertiary alicyclic amines) is 1. The summed E-state index contributed by atoms with van der Waals surface area (Å²) in [7, 11) is 0. The monoisotopic (exact) mass is 358 g/mol. The zero-order chi connectivity index (χ0) is 17.8. The molecule has 1 amide bonds. The number of rotatable bonds is 5. The Balaban J connectivity index is 1.68.